The number of carbonyl (C=O) groups excluding carboxylic acids is 1. The monoisotopic (exact) mass is 606 g/mol. The van der Waals surface area contributed by atoms with Crippen molar-refractivity contribution < 1.29 is 22.5 Å². The molecule has 1 fully saturated rings. The zero-order chi connectivity index (χ0) is 30.7. The van der Waals surface area contributed by atoms with E-state index in [1.54, 1.807) is 24.3 Å². The Morgan fingerprint density at radius 3 is 2.56 bits per heavy atom. The van der Waals surface area contributed by atoms with E-state index in [4.69, 9.17) is 13.9 Å². The van der Waals surface area contributed by atoms with Crippen molar-refractivity contribution in [3.8, 4) is 22.6 Å². The maximum atomic E-state index is 13.9. The first-order chi connectivity index (χ1) is 21.9. The van der Waals surface area contributed by atoms with E-state index in [0.29, 0.717) is 76.4 Å². The van der Waals surface area contributed by atoms with Crippen LogP contribution >= 0.6 is 0 Å². The molecule has 1 unspecified atom stereocenters. The molecule has 8 rings (SSSR count). The molecule has 0 saturated carbocycles. The summed E-state index contributed by atoms with van der Waals surface area (Å²) >= 11 is 0. The fourth-order valence-corrected chi connectivity index (χ4v) is 6.46. The molecule has 0 radical (unpaired) electrons. The minimum atomic E-state index is -0.738. The molecular formula is C33H24F2N6O4. The summed E-state index contributed by atoms with van der Waals surface area (Å²) in [6, 6.07) is 14.6. The van der Waals surface area contributed by atoms with Gasteiger partial charge in [-0.05, 0) is 73.2 Å². The second-order valence-electron chi connectivity index (χ2n) is 11.3. The molecule has 2 aliphatic rings. The first-order valence-electron chi connectivity index (χ1n) is 14.6. The summed E-state index contributed by atoms with van der Waals surface area (Å²) < 4.78 is 38.2. The molecule has 0 bridgehead atoms. The summed E-state index contributed by atoms with van der Waals surface area (Å²) in [7, 11) is 0. The van der Waals surface area contributed by atoms with Crippen LogP contribution in [0.3, 0.4) is 0 Å². The predicted molar refractivity (Wildman–Crippen MR) is 157 cm³/mol. The number of hydrogen-bond donors (Lipinski definition) is 1. The number of fused-ring (bicyclic) bond motifs is 4. The van der Waals surface area contributed by atoms with Gasteiger partial charge in [0, 0.05) is 29.6 Å². The van der Waals surface area contributed by atoms with Gasteiger partial charge in [-0.1, -0.05) is 23.4 Å². The van der Waals surface area contributed by atoms with Gasteiger partial charge in [0.25, 0.3) is 11.8 Å². The topological polar surface area (TPSA) is 131 Å². The van der Waals surface area contributed by atoms with Gasteiger partial charge in [0.2, 0.25) is 0 Å². The second-order valence-corrected chi connectivity index (χ2v) is 11.3. The van der Waals surface area contributed by atoms with Crippen LogP contribution < -0.4 is 5.76 Å². The third-order valence-electron chi connectivity index (χ3n) is 8.53. The summed E-state index contributed by atoms with van der Waals surface area (Å²) in [5.74, 6) is -1.61. The predicted octanol–water partition coefficient (Wildman–Crippen LogP) is 5.57. The van der Waals surface area contributed by atoms with Gasteiger partial charge in [-0.15, -0.1) is 5.10 Å². The SMILES string of the molecule is O=C1c2c(nc(CCc3ccc(F)cc3)c(-c3n[nH]c(=O)o3)c2-c2ccc3c(Cc4ccc(F)cn4)noc3c2)C2CCCN12. The van der Waals surface area contributed by atoms with Gasteiger partial charge >= 0.3 is 5.76 Å². The van der Waals surface area contributed by atoms with E-state index in [2.05, 4.69) is 20.3 Å². The number of pyridine rings is 2. The number of nitrogens with one attached hydrogen (secondary N) is 1. The van der Waals surface area contributed by atoms with E-state index in [1.165, 1.54) is 18.2 Å². The molecule has 4 aromatic heterocycles. The average Bonchev–Trinajstić information content (AvgIpc) is 3.84. The maximum absolute atomic E-state index is 13.9. The van der Waals surface area contributed by atoms with Gasteiger partial charge in [0.15, 0.2) is 5.58 Å². The molecule has 1 saturated heterocycles. The lowest BCUT2D eigenvalue weighted by Gasteiger charge is -2.17. The Morgan fingerprint density at radius 1 is 0.933 bits per heavy atom. The molecule has 0 aliphatic carbocycles. The molecular weight excluding hydrogens is 582 g/mol. The van der Waals surface area contributed by atoms with Gasteiger partial charge in [0.05, 0.1) is 40.4 Å². The van der Waals surface area contributed by atoms with E-state index in [-0.39, 0.29) is 23.7 Å². The van der Waals surface area contributed by atoms with Gasteiger partial charge in [-0.25, -0.2) is 18.7 Å². The van der Waals surface area contributed by atoms with Gasteiger partial charge in [-0.3, -0.25) is 14.8 Å². The van der Waals surface area contributed by atoms with Crippen LogP contribution in [0.4, 0.5) is 8.78 Å². The van der Waals surface area contributed by atoms with E-state index >= 15 is 0 Å². The number of hydrogen-bond acceptors (Lipinski definition) is 8. The number of carbonyl (C=O) groups is 1. The molecule has 0 spiro atoms. The smallest absolute Gasteiger partial charge is 0.388 e. The standard InChI is InChI=1S/C33H24F2N6O4/c34-19-7-3-17(4-8-19)5-12-23-28(31-38-39-33(43)44-31)27(29-30(37-23)25-2-1-13-41(25)32(29)42)18-6-11-22-24(40-45-26(22)14-18)15-21-10-9-20(35)16-36-21/h3-4,6-11,14,16,25H,1-2,5,12-13,15H2,(H,39,43). The minimum Gasteiger partial charge on any atom is -0.388 e. The van der Waals surface area contributed by atoms with Crippen molar-refractivity contribution in [2.24, 2.45) is 0 Å². The van der Waals surface area contributed by atoms with Crippen LogP contribution in [0.5, 0.6) is 0 Å². The summed E-state index contributed by atoms with van der Waals surface area (Å²) in [5, 5.41) is 11.5. The van der Waals surface area contributed by atoms with E-state index in [0.717, 1.165) is 30.0 Å². The second kappa shape index (κ2) is 10.6. The first kappa shape index (κ1) is 27.1. The molecule has 1 amide bonds. The largest absolute Gasteiger partial charge is 0.434 e. The summed E-state index contributed by atoms with van der Waals surface area (Å²) in [6.45, 7) is 0.624. The van der Waals surface area contributed by atoms with Crippen molar-refractivity contribution in [1.82, 2.24) is 30.2 Å². The molecule has 2 aliphatic heterocycles. The minimum absolute atomic E-state index is 0.0139. The summed E-state index contributed by atoms with van der Waals surface area (Å²) in [5.41, 5.74) is 5.99. The lowest BCUT2D eigenvalue weighted by atomic mass is 9.89. The average molecular weight is 607 g/mol. The number of aromatic amines is 1. The number of aromatic nitrogens is 5. The fraction of sp³-hybridized carbons (Fsp3) is 0.212. The van der Waals surface area contributed by atoms with Crippen molar-refractivity contribution in [1.29, 1.82) is 0 Å². The molecule has 224 valence electrons. The number of rotatable bonds is 7. The van der Waals surface area contributed by atoms with Crippen LogP contribution in [-0.2, 0) is 19.3 Å². The number of halogens is 2. The summed E-state index contributed by atoms with van der Waals surface area (Å²) in [4.78, 5) is 37.1. The lowest BCUT2D eigenvalue weighted by molar-refractivity contribution is 0.0776. The van der Waals surface area contributed by atoms with Crippen LogP contribution in [0.15, 0.2) is 74.5 Å². The summed E-state index contributed by atoms with van der Waals surface area (Å²) in [6.07, 6.45) is 4.11. The Hall–Kier alpha value is -5.52. The van der Waals surface area contributed by atoms with E-state index < -0.39 is 11.6 Å². The quantitative estimate of drug-likeness (QED) is 0.250. The fourth-order valence-electron chi connectivity index (χ4n) is 6.46. The highest BCUT2D eigenvalue weighted by Crippen LogP contribution is 2.48. The highest BCUT2D eigenvalue weighted by Gasteiger charge is 2.44. The van der Waals surface area contributed by atoms with Crippen LogP contribution in [0, 0.1) is 11.6 Å². The third-order valence-corrected chi connectivity index (χ3v) is 8.53. The Kier molecular flexibility index (Phi) is 6.36. The third kappa shape index (κ3) is 4.69. The molecule has 6 heterocycles. The molecule has 12 heteroatoms. The molecule has 6 aromatic rings. The highest BCUT2D eigenvalue weighted by atomic mass is 19.1. The number of aryl methyl sites for hydroxylation is 2. The Balaban J connectivity index is 1.30. The number of benzene rings is 2. The van der Waals surface area contributed by atoms with Crippen molar-refractivity contribution in [2.45, 2.75) is 38.1 Å². The number of nitrogens with zero attached hydrogens (tertiary/aromatic N) is 5. The zero-order valence-electron chi connectivity index (χ0n) is 23.7. The number of amides is 1. The van der Waals surface area contributed by atoms with Crippen LogP contribution in [0.25, 0.3) is 33.6 Å². The highest BCUT2D eigenvalue weighted by molar-refractivity contribution is 6.08. The molecule has 2 aromatic carbocycles. The zero-order valence-corrected chi connectivity index (χ0v) is 23.7. The van der Waals surface area contributed by atoms with Crippen molar-refractivity contribution in [3.05, 3.63) is 117 Å². The van der Waals surface area contributed by atoms with E-state index in [1.807, 2.05) is 17.0 Å². The molecule has 1 N–H and O–H groups in total. The lowest BCUT2D eigenvalue weighted by Crippen LogP contribution is -2.23. The Bertz CT molecular complexity index is 2150. The van der Waals surface area contributed by atoms with Crippen molar-refractivity contribution >= 4 is 16.9 Å². The first-order valence-corrected chi connectivity index (χ1v) is 14.6. The Labute approximate surface area is 253 Å². The van der Waals surface area contributed by atoms with Crippen molar-refractivity contribution in [3.63, 3.8) is 0 Å². The van der Waals surface area contributed by atoms with Gasteiger partial charge in [0.1, 0.15) is 11.6 Å². The Morgan fingerprint density at radius 2 is 1.78 bits per heavy atom. The van der Waals surface area contributed by atoms with Crippen LogP contribution in [0.2, 0.25) is 0 Å². The molecule has 10 nitrogen and oxygen atoms in total. The maximum Gasteiger partial charge on any atom is 0.434 e. The number of H-pyrrole nitrogens is 1. The van der Waals surface area contributed by atoms with Crippen LogP contribution in [0.1, 0.15) is 57.6 Å². The van der Waals surface area contributed by atoms with Crippen LogP contribution in [-0.4, -0.2) is 42.7 Å². The van der Waals surface area contributed by atoms with Gasteiger partial charge in [-0.2, -0.15) is 0 Å². The molecule has 45 heavy (non-hydrogen) atoms. The van der Waals surface area contributed by atoms with E-state index in [9.17, 15) is 18.4 Å². The molecule has 1 atom stereocenters. The van der Waals surface area contributed by atoms with Gasteiger partial charge < -0.3 is 13.8 Å². The van der Waals surface area contributed by atoms with Crippen molar-refractivity contribution in [2.75, 3.05) is 6.54 Å². The normalized spacial score (nSPS) is 15.6.